The normalized spacial score (nSPS) is 12.1. The first-order valence-electron chi connectivity index (χ1n) is 9.26. The second-order valence-corrected chi connectivity index (χ2v) is 6.86. The van der Waals surface area contributed by atoms with Crippen LogP contribution in [0, 0.1) is 13.8 Å². The van der Waals surface area contributed by atoms with Crippen LogP contribution in [0.1, 0.15) is 16.7 Å². The van der Waals surface area contributed by atoms with Gasteiger partial charge in [0.15, 0.2) is 11.5 Å². The summed E-state index contributed by atoms with van der Waals surface area (Å²) in [5, 5.41) is 14.3. The van der Waals surface area contributed by atoms with Crippen LogP contribution >= 0.6 is 0 Å². The van der Waals surface area contributed by atoms with Crippen molar-refractivity contribution in [3.63, 3.8) is 0 Å². The van der Waals surface area contributed by atoms with Crippen molar-refractivity contribution in [3.05, 3.63) is 69.5 Å². The number of methoxy groups -OCH3 is 1. The van der Waals surface area contributed by atoms with Crippen LogP contribution in [0.5, 0.6) is 11.5 Å². The molecule has 2 aromatic carbocycles. The molecule has 0 saturated heterocycles. The fourth-order valence-corrected chi connectivity index (χ4v) is 3.11. The molecular weight excluding hydrogens is 356 g/mol. The highest BCUT2D eigenvalue weighted by Gasteiger charge is 2.10. The van der Waals surface area contributed by atoms with Gasteiger partial charge in [-0.25, -0.2) is 0 Å². The van der Waals surface area contributed by atoms with Crippen LogP contribution in [0.3, 0.4) is 0 Å². The van der Waals surface area contributed by atoms with E-state index in [1.165, 1.54) is 0 Å². The zero-order valence-corrected chi connectivity index (χ0v) is 16.4. The fourth-order valence-electron chi connectivity index (χ4n) is 3.11. The molecule has 0 radical (unpaired) electrons. The van der Waals surface area contributed by atoms with Crippen molar-refractivity contribution >= 4 is 10.9 Å². The predicted molar refractivity (Wildman–Crippen MR) is 110 cm³/mol. The maximum absolute atomic E-state index is 12.4. The third-order valence-electron chi connectivity index (χ3n) is 4.72. The van der Waals surface area contributed by atoms with Gasteiger partial charge in [0.05, 0.1) is 12.6 Å². The van der Waals surface area contributed by atoms with Crippen LogP contribution in [0.4, 0.5) is 0 Å². The van der Waals surface area contributed by atoms with Gasteiger partial charge in [0, 0.05) is 24.0 Å². The van der Waals surface area contributed by atoms with E-state index in [4.69, 9.17) is 9.47 Å². The Morgan fingerprint density at radius 1 is 1.11 bits per heavy atom. The summed E-state index contributed by atoms with van der Waals surface area (Å²) in [6.45, 7) is 4.80. The Morgan fingerprint density at radius 2 is 1.82 bits per heavy atom. The summed E-state index contributed by atoms with van der Waals surface area (Å²) in [7, 11) is 1.57. The number of fused-ring (bicyclic) bond motifs is 1. The molecule has 0 aliphatic heterocycles. The SMILES string of the molecule is COc1ccccc1OCC(O)CNCc1cc2c(C)ccc(C)c2[nH]c1=O. The van der Waals surface area contributed by atoms with E-state index in [1.54, 1.807) is 19.2 Å². The molecule has 0 amide bonds. The lowest BCUT2D eigenvalue weighted by molar-refractivity contribution is 0.104. The lowest BCUT2D eigenvalue weighted by atomic mass is 10.0. The first kappa shape index (κ1) is 19.9. The summed E-state index contributed by atoms with van der Waals surface area (Å²) in [5.74, 6) is 1.21. The molecule has 0 spiro atoms. The molecule has 1 heterocycles. The van der Waals surface area contributed by atoms with E-state index in [-0.39, 0.29) is 12.2 Å². The van der Waals surface area contributed by atoms with Crippen LogP contribution in [0.15, 0.2) is 47.3 Å². The third-order valence-corrected chi connectivity index (χ3v) is 4.72. The summed E-state index contributed by atoms with van der Waals surface area (Å²) in [6, 6.07) is 13.3. The molecule has 0 saturated carbocycles. The molecule has 148 valence electrons. The number of nitrogens with one attached hydrogen (secondary N) is 2. The first-order chi connectivity index (χ1) is 13.5. The number of hydrogen-bond donors (Lipinski definition) is 3. The largest absolute Gasteiger partial charge is 0.493 e. The first-order valence-corrected chi connectivity index (χ1v) is 9.26. The average Bonchev–Trinajstić information content (AvgIpc) is 2.70. The molecule has 0 aliphatic rings. The van der Waals surface area contributed by atoms with Crippen LogP contribution < -0.4 is 20.3 Å². The number of hydrogen-bond acceptors (Lipinski definition) is 5. The minimum Gasteiger partial charge on any atom is -0.493 e. The summed E-state index contributed by atoms with van der Waals surface area (Å²) in [6.07, 6.45) is -0.714. The summed E-state index contributed by atoms with van der Waals surface area (Å²) in [5.41, 5.74) is 3.55. The van der Waals surface area contributed by atoms with E-state index in [9.17, 15) is 9.90 Å². The maximum Gasteiger partial charge on any atom is 0.252 e. The van der Waals surface area contributed by atoms with E-state index < -0.39 is 6.10 Å². The molecule has 1 atom stereocenters. The van der Waals surface area contributed by atoms with Crippen LogP contribution in [0.25, 0.3) is 10.9 Å². The van der Waals surface area contributed by atoms with Crippen molar-refractivity contribution in [3.8, 4) is 11.5 Å². The smallest absolute Gasteiger partial charge is 0.252 e. The van der Waals surface area contributed by atoms with Gasteiger partial charge in [0.2, 0.25) is 0 Å². The summed E-state index contributed by atoms with van der Waals surface area (Å²) in [4.78, 5) is 15.3. The number of aromatic nitrogens is 1. The third kappa shape index (κ3) is 4.52. The van der Waals surface area contributed by atoms with Gasteiger partial charge in [-0.05, 0) is 43.2 Å². The Morgan fingerprint density at radius 3 is 2.57 bits per heavy atom. The van der Waals surface area contributed by atoms with E-state index in [0.29, 0.717) is 30.2 Å². The number of benzene rings is 2. The quantitative estimate of drug-likeness (QED) is 0.558. The standard InChI is InChI=1S/C22H26N2O4/c1-14-8-9-15(2)21-18(14)10-16(22(26)24-21)11-23-12-17(25)13-28-20-7-5-4-6-19(20)27-3/h4-10,17,23,25H,11-13H2,1-3H3,(H,24,26). The van der Waals surface area contributed by atoms with Crippen molar-refractivity contribution in [1.29, 1.82) is 0 Å². The van der Waals surface area contributed by atoms with Crippen LogP contribution in [0.2, 0.25) is 0 Å². The molecule has 3 aromatic rings. The van der Waals surface area contributed by atoms with Gasteiger partial charge in [-0.2, -0.15) is 0 Å². The Kier molecular flexibility index (Phi) is 6.34. The number of pyridine rings is 1. The second kappa shape index (κ2) is 8.91. The van der Waals surface area contributed by atoms with Gasteiger partial charge in [0.1, 0.15) is 12.7 Å². The zero-order valence-electron chi connectivity index (χ0n) is 16.4. The minimum atomic E-state index is -0.714. The number of rotatable bonds is 8. The maximum atomic E-state index is 12.4. The van der Waals surface area contributed by atoms with Gasteiger partial charge in [-0.3, -0.25) is 4.79 Å². The van der Waals surface area contributed by atoms with Crippen molar-refractivity contribution < 1.29 is 14.6 Å². The molecule has 3 N–H and O–H groups in total. The molecule has 0 aliphatic carbocycles. The van der Waals surface area contributed by atoms with Crippen molar-refractivity contribution in [2.75, 3.05) is 20.3 Å². The molecule has 3 rings (SSSR count). The summed E-state index contributed by atoms with van der Waals surface area (Å²) >= 11 is 0. The molecule has 1 aromatic heterocycles. The predicted octanol–water partition coefficient (Wildman–Crippen LogP) is 2.68. The van der Waals surface area contributed by atoms with Gasteiger partial charge >= 0.3 is 0 Å². The number of aromatic amines is 1. The van der Waals surface area contributed by atoms with E-state index in [0.717, 1.165) is 22.0 Å². The summed E-state index contributed by atoms with van der Waals surface area (Å²) < 4.78 is 10.8. The number of para-hydroxylation sites is 2. The Hall–Kier alpha value is -2.83. The number of aliphatic hydroxyl groups is 1. The number of H-pyrrole nitrogens is 1. The second-order valence-electron chi connectivity index (χ2n) is 6.86. The van der Waals surface area contributed by atoms with Crippen molar-refractivity contribution in [1.82, 2.24) is 10.3 Å². The monoisotopic (exact) mass is 382 g/mol. The Bertz CT molecular complexity index is 1010. The van der Waals surface area contributed by atoms with Crippen LogP contribution in [-0.2, 0) is 6.54 Å². The lowest BCUT2D eigenvalue weighted by Gasteiger charge is -2.15. The molecule has 0 bridgehead atoms. The highest BCUT2D eigenvalue weighted by molar-refractivity contribution is 5.85. The van der Waals surface area contributed by atoms with Gasteiger partial charge in [-0.1, -0.05) is 24.3 Å². The van der Waals surface area contributed by atoms with Crippen molar-refractivity contribution in [2.45, 2.75) is 26.5 Å². The lowest BCUT2D eigenvalue weighted by Crippen LogP contribution is -2.32. The molecule has 1 unspecified atom stereocenters. The minimum absolute atomic E-state index is 0.117. The van der Waals surface area contributed by atoms with Crippen LogP contribution in [-0.4, -0.2) is 36.5 Å². The Balaban J connectivity index is 1.58. The van der Waals surface area contributed by atoms with E-state index in [2.05, 4.69) is 10.3 Å². The highest BCUT2D eigenvalue weighted by Crippen LogP contribution is 2.25. The van der Waals surface area contributed by atoms with Gasteiger partial charge in [0.25, 0.3) is 5.56 Å². The molecular formula is C22H26N2O4. The number of aryl methyl sites for hydroxylation is 2. The van der Waals surface area contributed by atoms with E-state index in [1.807, 2.05) is 44.2 Å². The topological polar surface area (TPSA) is 83.6 Å². The Labute approximate surface area is 164 Å². The molecule has 0 fully saturated rings. The molecule has 28 heavy (non-hydrogen) atoms. The molecule has 6 nitrogen and oxygen atoms in total. The van der Waals surface area contributed by atoms with Crippen molar-refractivity contribution in [2.24, 2.45) is 0 Å². The van der Waals surface area contributed by atoms with Gasteiger partial charge < -0.3 is 24.9 Å². The number of aliphatic hydroxyl groups excluding tert-OH is 1. The number of ether oxygens (including phenoxy) is 2. The highest BCUT2D eigenvalue weighted by atomic mass is 16.5. The van der Waals surface area contributed by atoms with Gasteiger partial charge in [-0.15, -0.1) is 0 Å². The van der Waals surface area contributed by atoms with E-state index >= 15 is 0 Å². The molecule has 6 heteroatoms. The zero-order chi connectivity index (χ0) is 20.1. The average molecular weight is 382 g/mol. The fraction of sp³-hybridized carbons (Fsp3) is 0.318.